The lowest BCUT2D eigenvalue weighted by Gasteiger charge is -2.17. The second kappa shape index (κ2) is 5.50. The van der Waals surface area contributed by atoms with E-state index < -0.39 is 0 Å². The standard InChI is InChI=1S/C14H22N2O/c1-4-5-17-12-7-11(8-16-9-12)14(15-3)13-6-10(13)2/h7-10,13-15H,4-6H2,1-3H3. The predicted molar refractivity (Wildman–Crippen MR) is 69.1 cm³/mol. The molecule has 1 heterocycles. The summed E-state index contributed by atoms with van der Waals surface area (Å²) in [6.07, 6.45) is 6.08. The van der Waals surface area contributed by atoms with E-state index in [9.17, 15) is 0 Å². The van der Waals surface area contributed by atoms with Crippen LogP contribution in [0.5, 0.6) is 5.75 Å². The Kier molecular flexibility index (Phi) is 4.00. The van der Waals surface area contributed by atoms with E-state index in [1.54, 1.807) is 6.20 Å². The van der Waals surface area contributed by atoms with Gasteiger partial charge in [-0.3, -0.25) is 4.98 Å². The molecule has 1 aliphatic rings. The summed E-state index contributed by atoms with van der Waals surface area (Å²) in [5.74, 6) is 2.47. The van der Waals surface area contributed by atoms with Crippen molar-refractivity contribution < 1.29 is 4.74 Å². The molecule has 2 rings (SSSR count). The third-order valence-electron chi connectivity index (χ3n) is 3.48. The van der Waals surface area contributed by atoms with Gasteiger partial charge in [0.2, 0.25) is 0 Å². The normalized spacial score (nSPS) is 24.4. The van der Waals surface area contributed by atoms with Crippen LogP contribution in [0.4, 0.5) is 0 Å². The minimum Gasteiger partial charge on any atom is -0.492 e. The van der Waals surface area contributed by atoms with Crippen LogP contribution in [0, 0.1) is 11.8 Å². The van der Waals surface area contributed by atoms with Crippen LogP contribution in [-0.2, 0) is 0 Å². The van der Waals surface area contributed by atoms with Crippen LogP contribution >= 0.6 is 0 Å². The van der Waals surface area contributed by atoms with Gasteiger partial charge in [-0.25, -0.2) is 0 Å². The molecular formula is C14H22N2O. The summed E-state index contributed by atoms with van der Waals surface area (Å²) in [5.41, 5.74) is 1.25. The molecule has 1 aliphatic carbocycles. The van der Waals surface area contributed by atoms with E-state index in [1.807, 2.05) is 13.2 Å². The maximum atomic E-state index is 5.63. The second-order valence-corrected chi connectivity index (χ2v) is 4.95. The molecule has 1 N–H and O–H groups in total. The highest BCUT2D eigenvalue weighted by atomic mass is 16.5. The number of nitrogens with zero attached hydrogens (tertiary/aromatic N) is 1. The van der Waals surface area contributed by atoms with E-state index in [-0.39, 0.29) is 0 Å². The summed E-state index contributed by atoms with van der Waals surface area (Å²) in [6.45, 7) is 5.18. The van der Waals surface area contributed by atoms with E-state index in [2.05, 4.69) is 30.2 Å². The van der Waals surface area contributed by atoms with Crippen molar-refractivity contribution in [1.29, 1.82) is 0 Å². The van der Waals surface area contributed by atoms with Gasteiger partial charge in [0.1, 0.15) is 5.75 Å². The van der Waals surface area contributed by atoms with Gasteiger partial charge in [0.25, 0.3) is 0 Å². The van der Waals surface area contributed by atoms with Gasteiger partial charge >= 0.3 is 0 Å². The van der Waals surface area contributed by atoms with Gasteiger partial charge in [-0.05, 0) is 43.4 Å². The van der Waals surface area contributed by atoms with Crippen LogP contribution in [0.25, 0.3) is 0 Å². The van der Waals surface area contributed by atoms with Crippen molar-refractivity contribution in [1.82, 2.24) is 10.3 Å². The Bertz CT molecular complexity index is 367. The molecule has 1 saturated carbocycles. The maximum Gasteiger partial charge on any atom is 0.137 e. The number of pyridine rings is 1. The molecule has 0 spiro atoms. The van der Waals surface area contributed by atoms with E-state index in [0.29, 0.717) is 6.04 Å². The molecule has 94 valence electrons. The molecule has 0 saturated heterocycles. The number of rotatable bonds is 6. The Labute approximate surface area is 104 Å². The van der Waals surface area contributed by atoms with Gasteiger partial charge in [0, 0.05) is 12.2 Å². The number of hydrogen-bond donors (Lipinski definition) is 1. The van der Waals surface area contributed by atoms with Gasteiger partial charge in [0.15, 0.2) is 0 Å². The second-order valence-electron chi connectivity index (χ2n) is 4.95. The number of ether oxygens (including phenoxy) is 1. The van der Waals surface area contributed by atoms with Crippen LogP contribution < -0.4 is 10.1 Å². The molecule has 0 aliphatic heterocycles. The maximum absolute atomic E-state index is 5.63. The minimum atomic E-state index is 0.419. The summed E-state index contributed by atoms with van der Waals surface area (Å²) < 4.78 is 5.63. The zero-order valence-corrected chi connectivity index (χ0v) is 10.9. The van der Waals surface area contributed by atoms with Gasteiger partial charge in [-0.2, -0.15) is 0 Å². The summed E-state index contributed by atoms with van der Waals surface area (Å²) in [7, 11) is 2.02. The lowest BCUT2D eigenvalue weighted by molar-refractivity contribution is 0.315. The van der Waals surface area contributed by atoms with Crippen LogP contribution in [0.3, 0.4) is 0 Å². The Balaban J connectivity index is 2.08. The molecule has 0 aromatic carbocycles. The molecule has 17 heavy (non-hydrogen) atoms. The summed E-state index contributed by atoms with van der Waals surface area (Å²) in [6, 6.07) is 2.54. The van der Waals surface area contributed by atoms with Crippen molar-refractivity contribution >= 4 is 0 Å². The summed E-state index contributed by atoms with van der Waals surface area (Å²) >= 11 is 0. The van der Waals surface area contributed by atoms with Crippen LogP contribution in [0.15, 0.2) is 18.5 Å². The fourth-order valence-corrected chi connectivity index (χ4v) is 2.35. The zero-order valence-electron chi connectivity index (χ0n) is 10.9. The van der Waals surface area contributed by atoms with Gasteiger partial charge in [0.05, 0.1) is 12.8 Å². The number of hydrogen-bond acceptors (Lipinski definition) is 3. The molecular weight excluding hydrogens is 212 g/mol. The Morgan fingerprint density at radius 3 is 2.88 bits per heavy atom. The van der Waals surface area contributed by atoms with Gasteiger partial charge < -0.3 is 10.1 Å². The lowest BCUT2D eigenvalue weighted by Crippen LogP contribution is -2.19. The minimum absolute atomic E-state index is 0.419. The topological polar surface area (TPSA) is 34.1 Å². The van der Waals surface area contributed by atoms with E-state index in [0.717, 1.165) is 30.6 Å². The van der Waals surface area contributed by atoms with Crippen LogP contribution in [-0.4, -0.2) is 18.6 Å². The van der Waals surface area contributed by atoms with Crippen LogP contribution in [0.1, 0.15) is 38.3 Å². The lowest BCUT2D eigenvalue weighted by atomic mass is 10.0. The first-order chi connectivity index (χ1) is 8.26. The Morgan fingerprint density at radius 1 is 1.53 bits per heavy atom. The first kappa shape index (κ1) is 12.4. The van der Waals surface area contributed by atoms with Crippen molar-refractivity contribution in [3.8, 4) is 5.75 Å². The Morgan fingerprint density at radius 2 is 2.29 bits per heavy atom. The molecule has 3 atom stereocenters. The molecule has 3 nitrogen and oxygen atoms in total. The largest absolute Gasteiger partial charge is 0.492 e. The predicted octanol–water partition coefficient (Wildman–Crippen LogP) is 2.79. The monoisotopic (exact) mass is 234 g/mol. The molecule has 1 aromatic rings. The smallest absolute Gasteiger partial charge is 0.137 e. The molecule has 1 fully saturated rings. The molecule has 3 unspecified atom stereocenters. The van der Waals surface area contributed by atoms with Crippen molar-refractivity contribution in [2.75, 3.05) is 13.7 Å². The van der Waals surface area contributed by atoms with Crippen molar-refractivity contribution in [3.63, 3.8) is 0 Å². The first-order valence-corrected chi connectivity index (χ1v) is 6.51. The van der Waals surface area contributed by atoms with E-state index in [4.69, 9.17) is 4.74 Å². The summed E-state index contributed by atoms with van der Waals surface area (Å²) in [4.78, 5) is 4.28. The highest BCUT2D eigenvalue weighted by Crippen LogP contribution is 2.46. The fourth-order valence-electron chi connectivity index (χ4n) is 2.35. The Hall–Kier alpha value is -1.09. The van der Waals surface area contributed by atoms with Gasteiger partial charge in [-0.1, -0.05) is 13.8 Å². The van der Waals surface area contributed by atoms with Crippen molar-refractivity contribution in [2.24, 2.45) is 11.8 Å². The third-order valence-corrected chi connectivity index (χ3v) is 3.48. The highest BCUT2D eigenvalue weighted by Gasteiger charge is 2.39. The number of nitrogens with one attached hydrogen (secondary N) is 1. The molecule has 0 radical (unpaired) electrons. The van der Waals surface area contributed by atoms with E-state index in [1.165, 1.54) is 12.0 Å². The first-order valence-electron chi connectivity index (χ1n) is 6.51. The quantitative estimate of drug-likeness (QED) is 0.822. The molecule has 1 aromatic heterocycles. The third kappa shape index (κ3) is 2.97. The fraction of sp³-hybridized carbons (Fsp3) is 0.643. The summed E-state index contributed by atoms with van der Waals surface area (Å²) in [5, 5.41) is 3.40. The number of aromatic nitrogens is 1. The zero-order chi connectivity index (χ0) is 12.3. The molecule has 3 heteroatoms. The van der Waals surface area contributed by atoms with E-state index >= 15 is 0 Å². The molecule has 0 bridgehead atoms. The SMILES string of the molecule is CCCOc1cncc(C(NC)C2CC2C)c1. The van der Waals surface area contributed by atoms with Crippen molar-refractivity contribution in [2.45, 2.75) is 32.7 Å². The molecule has 0 amide bonds. The highest BCUT2D eigenvalue weighted by molar-refractivity contribution is 5.27. The average Bonchev–Trinajstić information content (AvgIpc) is 3.05. The average molecular weight is 234 g/mol. The van der Waals surface area contributed by atoms with Crippen LogP contribution in [0.2, 0.25) is 0 Å². The van der Waals surface area contributed by atoms with Gasteiger partial charge in [-0.15, -0.1) is 0 Å². The van der Waals surface area contributed by atoms with Crippen molar-refractivity contribution in [3.05, 3.63) is 24.0 Å².